The van der Waals surface area contributed by atoms with Gasteiger partial charge in [-0.15, -0.1) is 0 Å². The van der Waals surface area contributed by atoms with Gasteiger partial charge >= 0.3 is 0 Å². The molecule has 1 heterocycles. The maximum absolute atomic E-state index is 11.4. The van der Waals surface area contributed by atoms with Gasteiger partial charge in [0.15, 0.2) is 18.1 Å². The predicted molar refractivity (Wildman–Crippen MR) is 118 cm³/mol. The van der Waals surface area contributed by atoms with E-state index in [0.29, 0.717) is 0 Å². The van der Waals surface area contributed by atoms with Crippen molar-refractivity contribution in [3.8, 4) is 11.9 Å². The molecule has 0 spiro atoms. The number of nitriles is 1. The molecule has 0 aliphatic carbocycles. The number of fused-ring (bicyclic) bond motifs is 1. The molecule has 11 nitrogen and oxygen atoms in total. The average molecular weight is 455 g/mol. The lowest BCUT2D eigenvalue weighted by molar-refractivity contribution is -0.385. The van der Waals surface area contributed by atoms with Crippen molar-refractivity contribution in [3.63, 3.8) is 0 Å². The molecule has 0 saturated heterocycles. The molecule has 0 aromatic heterocycles. The third-order valence-electron chi connectivity index (χ3n) is 5.53. The molecule has 3 N–H and O–H groups in total. The lowest BCUT2D eigenvalue weighted by atomic mass is 9.83. The Balaban J connectivity index is 2.10. The van der Waals surface area contributed by atoms with E-state index < -0.39 is 29.0 Å². The number of methoxy groups -OCH3 is 2. The van der Waals surface area contributed by atoms with Gasteiger partial charge in [0.1, 0.15) is 17.9 Å². The van der Waals surface area contributed by atoms with E-state index in [1.165, 1.54) is 32.4 Å². The molecule has 1 aliphatic heterocycles. The standard InChI is InChI=1S/C22H25N5O6/c1-22(20(31-2)32-3)19(28)18(16-11-15(27(29)30)9-10-17(16)33-22)26(13-23)21(24)25-12-14-7-5-4-6-8-14/h4-11,18-20,28H,12H2,1-3H3,(H2,24,25). The number of nitrogens with two attached hydrogens (primary N) is 1. The average Bonchev–Trinajstić information content (AvgIpc) is 2.81. The van der Waals surface area contributed by atoms with E-state index in [0.717, 1.165) is 10.5 Å². The van der Waals surface area contributed by atoms with Gasteiger partial charge in [0, 0.05) is 31.9 Å². The molecule has 3 atom stereocenters. The molecule has 2 aromatic rings. The van der Waals surface area contributed by atoms with E-state index >= 15 is 0 Å². The van der Waals surface area contributed by atoms with Gasteiger partial charge in [-0.25, -0.2) is 9.89 Å². The highest BCUT2D eigenvalue weighted by Crippen LogP contribution is 2.45. The summed E-state index contributed by atoms with van der Waals surface area (Å²) in [6.45, 7) is 1.75. The number of benzene rings is 2. The van der Waals surface area contributed by atoms with Crippen LogP contribution in [0.2, 0.25) is 0 Å². The molecule has 3 rings (SSSR count). The summed E-state index contributed by atoms with van der Waals surface area (Å²) in [7, 11) is 2.77. The largest absolute Gasteiger partial charge is 0.479 e. The van der Waals surface area contributed by atoms with Crippen molar-refractivity contribution >= 4 is 11.6 Å². The predicted octanol–water partition coefficient (Wildman–Crippen LogP) is 2.06. The number of nitro benzene ring substituents is 1. The van der Waals surface area contributed by atoms with Crippen LogP contribution in [-0.2, 0) is 16.0 Å². The van der Waals surface area contributed by atoms with E-state index in [4.69, 9.17) is 19.9 Å². The minimum Gasteiger partial charge on any atom is -0.479 e. The summed E-state index contributed by atoms with van der Waals surface area (Å²) in [6.07, 6.45) is -0.518. The Labute approximate surface area is 190 Å². The first-order valence-electron chi connectivity index (χ1n) is 10.0. The first-order chi connectivity index (χ1) is 15.8. The number of rotatable bonds is 7. The zero-order valence-electron chi connectivity index (χ0n) is 18.4. The quantitative estimate of drug-likeness (QED) is 0.121. The number of hydrogen-bond acceptors (Lipinski definition) is 8. The second-order valence-electron chi connectivity index (χ2n) is 7.59. The molecule has 174 valence electrons. The van der Waals surface area contributed by atoms with Gasteiger partial charge in [-0.1, -0.05) is 30.3 Å². The van der Waals surface area contributed by atoms with Crippen molar-refractivity contribution in [1.29, 1.82) is 5.26 Å². The normalized spacial score (nSPS) is 22.2. The fourth-order valence-electron chi connectivity index (χ4n) is 3.87. The van der Waals surface area contributed by atoms with Crippen LogP contribution < -0.4 is 10.5 Å². The summed E-state index contributed by atoms with van der Waals surface area (Å²) in [6, 6.07) is 12.0. The second-order valence-corrected chi connectivity index (χ2v) is 7.59. The maximum atomic E-state index is 11.4. The monoisotopic (exact) mass is 455 g/mol. The van der Waals surface area contributed by atoms with Gasteiger partial charge in [-0.05, 0) is 18.6 Å². The molecule has 0 radical (unpaired) electrons. The van der Waals surface area contributed by atoms with E-state index in [2.05, 4.69) is 4.99 Å². The van der Waals surface area contributed by atoms with E-state index in [1.54, 1.807) is 6.92 Å². The number of aliphatic hydroxyl groups excluding tert-OH is 1. The lowest BCUT2D eigenvalue weighted by Gasteiger charge is -2.47. The van der Waals surface area contributed by atoms with Gasteiger partial charge in [-0.2, -0.15) is 5.26 Å². The molecule has 0 saturated carbocycles. The maximum Gasteiger partial charge on any atom is 0.270 e. The second kappa shape index (κ2) is 9.83. The summed E-state index contributed by atoms with van der Waals surface area (Å²) in [4.78, 5) is 16.1. The van der Waals surface area contributed by atoms with Crippen LogP contribution in [0.5, 0.6) is 5.75 Å². The Morgan fingerprint density at radius 2 is 2.03 bits per heavy atom. The Morgan fingerprint density at radius 3 is 2.61 bits per heavy atom. The van der Waals surface area contributed by atoms with Crippen molar-refractivity contribution in [2.45, 2.75) is 37.5 Å². The molecule has 3 unspecified atom stereocenters. The zero-order chi connectivity index (χ0) is 24.2. The van der Waals surface area contributed by atoms with Crippen LogP contribution in [-0.4, -0.2) is 53.1 Å². The summed E-state index contributed by atoms with van der Waals surface area (Å²) in [5.74, 6) is 0.0482. The van der Waals surface area contributed by atoms with Crippen LogP contribution >= 0.6 is 0 Å². The molecule has 11 heteroatoms. The number of nitrogens with zero attached hydrogens (tertiary/aromatic N) is 4. The van der Waals surface area contributed by atoms with Crippen LogP contribution in [0.1, 0.15) is 24.1 Å². The van der Waals surface area contributed by atoms with Gasteiger partial charge in [0.2, 0.25) is 5.96 Å². The molecule has 0 bridgehead atoms. The summed E-state index contributed by atoms with van der Waals surface area (Å²) >= 11 is 0. The Morgan fingerprint density at radius 1 is 1.36 bits per heavy atom. The highest BCUT2D eigenvalue weighted by Gasteiger charge is 2.54. The van der Waals surface area contributed by atoms with Gasteiger partial charge in [-0.3, -0.25) is 10.1 Å². The molecule has 2 aromatic carbocycles. The van der Waals surface area contributed by atoms with E-state index in [1.807, 2.05) is 36.5 Å². The molecular formula is C22H25N5O6. The lowest BCUT2D eigenvalue weighted by Crippen LogP contribution is -2.62. The third-order valence-corrected chi connectivity index (χ3v) is 5.53. The molecule has 0 fully saturated rings. The van der Waals surface area contributed by atoms with Crippen molar-refractivity contribution in [2.75, 3.05) is 14.2 Å². The number of guanidine groups is 1. The highest BCUT2D eigenvalue weighted by molar-refractivity contribution is 5.80. The fraction of sp³-hybridized carbons (Fsp3) is 0.364. The molecule has 33 heavy (non-hydrogen) atoms. The number of nitro groups is 1. The number of hydrogen-bond donors (Lipinski definition) is 2. The van der Waals surface area contributed by atoms with Gasteiger partial charge in [0.25, 0.3) is 5.69 Å². The fourth-order valence-corrected chi connectivity index (χ4v) is 3.87. The van der Waals surface area contributed by atoms with Crippen LogP contribution in [0.15, 0.2) is 53.5 Å². The van der Waals surface area contributed by atoms with Crippen LogP contribution in [0, 0.1) is 21.6 Å². The molecule has 0 amide bonds. The topological polar surface area (TPSA) is 156 Å². The van der Waals surface area contributed by atoms with Crippen LogP contribution in [0.4, 0.5) is 5.69 Å². The van der Waals surface area contributed by atoms with Crippen molar-refractivity contribution in [3.05, 3.63) is 69.8 Å². The zero-order valence-corrected chi connectivity index (χ0v) is 18.4. The minimum atomic E-state index is -1.48. The Kier molecular flexibility index (Phi) is 7.13. The third kappa shape index (κ3) is 4.58. The van der Waals surface area contributed by atoms with Crippen LogP contribution in [0.25, 0.3) is 0 Å². The summed E-state index contributed by atoms with van der Waals surface area (Å²) in [5.41, 5.74) is 5.52. The first-order valence-corrected chi connectivity index (χ1v) is 10.0. The van der Waals surface area contributed by atoms with E-state index in [-0.39, 0.29) is 29.5 Å². The smallest absolute Gasteiger partial charge is 0.270 e. The van der Waals surface area contributed by atoms with Gasteiger partial charge < -0.3 is 25.1 Å². The van der Waals surface area contributed by atoms with Crippen LogP contribution in [0.3, 0.4) is 0 Å². The minimum absolute atomic E-state index is 0.168. The van der Waals surface area contributed by atoms with Gasteiger partial charge in [0.05, 0.1) is 11.5 Å². The molecule has 1 aliphatic rings. The number of aliphatic hydroxyl groups is 1. The Bertz CT molecular complexity index is 1070. The molecular weight excluding hydrogens is 430 g/mol. The highest BCUT2D eigenvalue weighted by atomic mass is 16.7. The summed E-state index contributed by atoms with van der Waals surface area (Å²) in [5, 5.41) is 32.7. The van der Waals surface area contributed by atoms with E-state index in [9.17, 15) is 20.5 Å². The number of ether oxygens (including phenoxy) is 3. The van der Waals surface area contributed by atoms with Crippen molar-refractivity contribution in [1.82, 2.24) is 4.90 Å². The van der Waals surface area contributed by atoms with Crippen molar-refractivity contribution < 1.29 is 24.2 Å². The SMILES string of the molecule is COC(OC)C1(C)Oc2ccc([N+](=O)[O-])cc2C(N(C#N)C(N)=NCc2ccccc2)C1O. The number of aliphatic imine (C=N–C) groups is 1. The van der Waals surface area contributed by atoms with Crippen molar-refractivity contribution in [2.24, 2.45) is 10.7 Å². The Hall–Kier alpha value is -3.72. The summed E-state index contributed by atoms with van der Waals surface area (Å²) < 4.78 is 16.7. The number of non-ortho nitro benzene ring substituents is 1. The first kappa shape index (κ1) is 23.9.